The molecule has 1 fully saturated rings. The number of carbonyl (C=O) groups is 2. The van der Waals surface area contributed by atoms with Gasteiger partial charge in [0.25, 0.3) is 11.6 Å². The Morgan fingerprint density at radius 1 is 1.24 bits per heavy atom. The van der Waals surface area contributed by atoms with Gasteiger partial charge in [-0.2, -0.15) is 0 Å². The highest BCUT2D eigenvalue weighted by Gasteiger charge is 2.53. The predicted molar refractivity (Wildman–Crippen MR) is 131 cm³/mol. The van der Waals surface area contributed by atoms with E-state index in [1.807, 2.05) is 6.92 Å². The minimum absolute atomic E-state index is 0.0759. The number of urea groups is 1. The van der Waals surface area contributed by atoms with E-state index in [1.165, 1.54) is 0 Å². The molecule has 3 amide bonds. The Morgan fingerprint density at radius 3 is 2.67 bits per heavy atom. The molecule has 0 bridgehead atoms. The van der Waals surface area contributed by atoms with Crippen LogP contribution in [0.4, 0.5) is 16.2 Å². The molecule has 0 saturated heterocycles. The number of hydrogen-bond donors (Lipinski definition) is 3. The molecule has 0 spiro atoms. The fourth-order valence-electron chi connectivity index (χ4n) is 4.79. The third kappa shape index (κ3) is 4.34. The second kappa shape index (κ2) is 9.35. The van der Waals surface area contributed by atoms with E-state index >= 15 is 0 Å². The summed E-state index contributed by atoms with van der Waals surface area (Å²) in [5.41, 5.74) is -1.15. The summed E-state index contributed by atoms with van der Waals surface area (Å²) in [5.74, 6) is 0.762. The number of anilines is 2. The van der Waals surface area contributed by atoms with Gasteiger partial charge in [-0.3, -0.25) is 9.69 Å². The predicted octanol–water partition coefficient (Wildman–Crippen LogP) is 4.99. The monoisotopic (exact) mass is 515 g/mol. The summed E-state index contributed by atoms with van der Waals surface area (Å²) in [4.78, 5) is 28.1. The standard InChI is InChI=1S/C25H30BrN3O4/c1-4-33-19-11-9-18(10-12-19)29-24(31)28-22-13-8-17(26)14-20(22)25(29,32)23(30)27-21-7-5-6-15(2)16(21)3/h8-16,21,32H,4-7H2,1-3H3,(H,27,30)(H,28,31)/t15-,16-,21-,25-/m0/s1. The Balaban J connectivity index is 1.77. The van der Waals surface area contributed by atoms with E-state index in [9.17, 15) is 14.7 Å². The maximum absolute atomic E-state index is 13.8. The number of hydrogen-bond acceptors (Lipinski definition) is 4. The van der Waals surface area contributed by atoms with Gasteiger partial charge in [0, 0.05) is 21.8 Å². The first-order valence-corrected chi connectivity index (χ1v) is 12.2. The number of carbonyl (C=O) groups excluding carboxylic acids is 2. The average molecular weight is 516 g/mol. The zero-order valence-corrected chi connectivity index (χ0v) is 20.7. The number of amides is 3. The molecule has 1 saturated carbocycles. The highest BCUT2D eigenvalue weighted by molar-refractivity contribution is 9.10. The van der Waals surface area contributed by atoms with E-state index < -0.39 is 17.7 Å². The number of rotatable bonds is 5. The molecular formula is C25H30BrN3O4. The fraction of sp³-hybridized carbons (Fsp3) is 0.440. The number of aliphatic hydroxyl groups is 1. The topological polar surface area (TPSA) is 90.9 Å². The first-order valence-electron chi connectivity index (χ1n) is 11.4. The fourth-order valence-corrected chi connectivity index (χ4v) is 5.15. The Labute approximate surface area is 202 Å². The van der Waals surface area contributed by atoms with Crippen molar-refractivity contribution in [1.29, 1.82) is 0 Å². The summed E-state index contributed by atoms with van der Waals surface area (Å²) < 4.78 is 6.19. The van der Waals surface area contributed by atoms with E-state index in [0.717, 1.165) is 24.2 Å². The Morgan fingerprint density at radius 2 is 1.97 bits per heavy atom. The van der Waals surface area contributed by atoms with Crippen molar-refractivity contribution in [1.82, 2.24) is 5.32 Å². The van der Waals surface area contributed by atoms with Crippen LogP contribution in [-0.2, 0) is 10.5 Å². The first-order chi connectivity index (χ1) is 15.8. The van der Waals surface area contributed by atoms with Gasteiger partial charge in [0.2, 0.25) is 0 Å². The summed E-state index contributed by atoms with van der Waals surface area (Å²) in [5, 5.41) is 17.9. The van der Waals surface area contributed by atoms with Crippen molar-refractivity contribution >= 4 is 39.2 Å². The van der Waals surface area contributed by atoms with Gasteiger partial charge >= 0.3 is 6.03 Å². The number of nitrogens with zero attached hydrogens (tertiary/aromatic N) is 1. The van der Waals surface area contributed by atoms with Crippen LogP contribution in [0.2, 0.25) is 0 Å². The molecule has 4 atom stereocenters. The van der Waals surface area contributed by atoms with Crippen molar-refractivity contribution in [3.8, 4) is 5.75 Å². The van der Waals surface area contributed by atoms with Gasteiger partial charge < -0.3 is 20.5 Å². The summed E-state index contributed by atoms with van der Waals surface area (Å²) >= 11 is 3.43. The maximum Gasteiger partial charge on any atom is 0.329 e. The first kappa shape index (κ1) is 23.6. The van der Waals surface area contributed by atoms with Gasteiger partial charge in [-0.15, -0.1) is 0 Å². The van der Waals surface area contributed by atoms with Gasteiger partial charge in [-0.1, -0.05) is 42.6 Å². The van der Waals surface area contributed by atoms with Gasteiger partial charge in [0.1, 0.15) is 5.75 Å². The number of ether oxygens (including phenoxy) is 1. The molecule has 0 radical (unpaired) electrons. The molecule has 7 nitrogen and oxygen atoms in total. The lowest BCUT2D eigenvalue weighted by Gasteiger charge is -2.44. The summed E-state index contributed by atoms with van der Waals surface area (Å²) in [6.07, 6.45) is 2.97. The average Bonchev–Trinajstić information content (AvgIpc) is 2.79. The van der Waals surface area contributed by atoms with Crippen molar-refractivity contribution in [2.24, 2.45) is 11.8 Å². The molecule has 3 N–H and O–H groups in total. The molecule has 2 aliphatic rings. The third-order valence-electron chi connectivity index (χ3n) is 6.87. The Bertz CT molecular complexity index is 1040. The lowest BCUT2D eigenvalue weighted by molar-refractivity contribution is -0.141. The molecule has 8 heteroatoms. The van der Waals surface area contributed by atoms with Crippen LogP contribution in [0.15, 0.2) is 46.9 Å². The van der Waals surface area contributed by atoms with Crippen molar-refractivity contribution in [2.75, 3.05) is 16.8 Å². The smallest absolute Gasteiger partial charge is 0.329 e. The molecule has 4 rings (SSSR count). The van der Waals surface area contributed by atoms with Gasteiger partial charge in [-0.05, 0) is 67.6 Å². The third-order valence-corrected chi connectivity index (χ3v) is 7.36. The Hall–Kier alpha value is -2.58. The molecule has 2 aromatic rings. The molecular weight excluding hydrogens is 486 g/mol. The van der Waals surface area contributed by atoms with Crippen LogP contribution < -0.4 is 20.3 Å². The van der Waals surface area contributed by atoms with Crippen LogP contribution in [0.3, 0.4) is 0 Å². The van der Waals surface area contributed by atoms with Crippen molar-refractivity contribution < 1.29 is 19.4 Å². The van der Waals surface area contributed by atoms with Crippen LogP contribution in [0.1, 0.15) is 45.6 Å². The zero-order valence-electron chi connectivity index (χ0n) is 19.1. The minimum atomic E-state index is -2.23. The normalized spacial score (nSPS) is 26.9. The highest BCUT2D eigenvalue weighted by atomic mass is 79.9. The summed E-state index contributed by atoms with van der Waals surface area (Å²) in [6, 6.07) is 11.2. The minimum Gasteiger partial charge on any atom is -0.494 e. The molecule has 2 aromatic carbocycles. The molecule has 176 valence electrons. The lowest BCUT2D eigenvalue weighted by atomic mass is 9.78. The number of benzene rings is 2. The van der Waals surface area contributed by atoms with Gasteiger partial charge in [0.15, 0.2) is 0 Å². The quantitative estimate of drug-likeness (QED) is 0.523. The van der Waals surface area contributed by atoms with Gasteiger partial charge in [0.05, 0.1) is 12.3 Å². The number of nitrogens with one attached hydrogen (secondary N) is 2. The molecule has 1 heterocycles. The molecule has 1 aliphatic heterocycles. The van der Waals surface area contributed by atoms with Crippen LogP contribution in [-0.4, -0.2) is 29.7 Å². The van der Waals surface area contributed by atoms with Crippen molar-refractivity contribution in [3.05, 3.63) is 52.5 Å². The van der Waals surface area contributed by atoms with E-state index in [2.05, 4.69) is 40.4 Å². The second-order valence-corrected chi connectivity index (χ2v) is 9.82. The second-order valence-electron chi connectivity index (χ2n) is 8.90. The van der Waals surface area contributed by atoms with Gasteiger partial charge in [-0.25, -0.2) is 4.79 Å². The summed E-state index contributed by atoms with van der Waals surface area (Å²) in [6.45, 7) is 6.71. The van der Waals surface area contributed by atoms with E-state index in [4.69, 9.17) is 4.74 Å². The van der Waals surface area contributed by atoms with Crippen molar-refractivity contribution in [3.63, 3.8) is 0 Å². The SMILES string of the molecule is CCOc1ccc(N2C(=O)Nc3ccc(Br)cc3[C@]2(O)C(=O)N[C@H]2CCC[C@H](C)[C@@H]2C)cc1. The number of fused-ring (bicyclic) bond motifs is 1. The van der Waals surface area contributed by atoms with E-state index in [-0.39, 0.29) is 12.0 Å². The molecule has 0 aromatic heterocycles. The summed E-state index contributed by atoms with van der Waals surface area (Å²) in [7, 11) is 0. The Kier molecular flexibility index (Phi) is 6.68. The van der Waals surface area contributed by atoms with Crippen molar-refractivity contribution in [2.45, 2.75) is 51.8 Å². The van der Waals surface area contributed by atoms with Crippen LogP contribution >= 0.6 is 15.9 Å². The number of halogens is 1. The maximum atomic E-state index is 13.8. The lowest BCUT2D eigenvalue weighted by Crippen LogP contribution is -2.64. The van der Waals surface area contributed by atoms with Crippen LogP contribution in [0.25, 0.3) is 0 Å². The largest absolute Gasteiger partial charge is 0.494 e. The van der Waals surface area contributed by atoms with Crippen LogP contribution in [0.5, 0.6) is 5.75 Å². The molecule has 33 heavy (non-hydrogen) atoms. The molecule has 1 aliphatic carbocycles. The molecule has 0 unspecified atom stereocenters. The highest BCUT2D eigenvalue weighted by Crippen LogP contribution is 2.42. The van der Waals surface area contributed by atoms with E-state index in [0.29, 0.717) is 39.7 Å². The van der Waals surface area contributed by atoms with Crippen LogP contribution in [0, 0.1) is 11.8 Å². The van der Waals surface area contributed by atoms with E-state index in [1.54, 1.807) is 42.5 Å². The zero-order chi connectivity index (χ0) is 23.8.